The molecule has 2 rings (SSSR count). The Hall–Kier alpha value is -1.51. The summed E-state index contributed by atoms with van der Waals surface area (Å²) in [6.45, 7) is 1.07. The predicted octanol–water partition coefficient (Wildman–Crippen LogP) is 0.0989. The highest BCUT2D eigenvalue weighted by Crippen LogP contribution is 2.27. The van der Waals surface area contributed by atoms with Gasteiger partial charge in [0.25, 0.3) is 5.56 Å². The van der Waals surface area contributed by atoms with E-state index in [0.29, 0.717) is 24.8 Å². The van der Waals surface area contributed by atoms with E-state index in [2.05, 4.69) is 0 Å². The van der Waals surface area contributed by atoms with Crippen molar-refractivity contribution in [1.29, 1.82) is 0 Å². The number of nitrogens with zero attached hydrogens (tertiary/aromatic N) is 2. The fourth-order valence-electron chi connectivity index (χ4n) is 2.75. The fourth-order valence-corrected chi connectivity index (χ4v) is 2.75. The molecule has 1 aromatic rings. The van der Waals surface area contributed by atoms with Crippen LogP contribution in [-0.4, -0.2) is 44.8 Å². The smallest absolute Gasteiger partial charge is 0.333 e. The van der Waals surface area contributed by atoms with Crippen molar-refractivity contribution >= 4 is 0 Å². The lowest BCUT2D eigenvalue weighted by Gasteiger charge is -2.17. The maximum Gasteiger partial charge on any atom is 0.333 e. The number of aliphatic hydroxyl groups is 2. The minimum absolute atomic E-state index is 0.171. The summed E-state index contributed by atoms with van der Waals surface area (Å²) in [6, 6.07) is 0. The van der Waals surface area contributed by atoms with Gasteiger partial charge >= 0.3 is 5.69 Å². The van der Waals surface area contributed by atoms with Gasteiger partial charge in [-0.3, -0.25) is 18.3 Å². The highest BCUT2D eigenvalue weighted by atomic mass is 19.1. The van der Waals surface area contributed by atoms with Gasteiger partial charge in [0.2, 0.25) is 0 Å². The number of rotatable bonds is 7. The molecule has 7 nitrogen and oxygen atoms in total. The lowest BCUT2D eigenvalue weighted by molar-refractivity contribution is -0.0464. The van der Waals surface area contributed by atoms with Gasteiger partial charge in [0.15, 0.2) is 0 Å². The molecule has 0 spiro atoms. The van der Waals surface area contributed by atoms with Crippen LogP contribution < -0.4 is 11.2 Å². The van der Waals surface area contributed by atoms with Crippen molar-refractivity contribution in [2.45, 2.75) is 57.6 Å². The number of ether oxygens (including phenoxy) is 1. The van der Waals surface area contributed by atoms with Crippen molar-refractivity contribution < 1.29 is 19.3 Å². The molecule has 1 aliphatic heterocycles. The fraction of sp³-hybridized carbons (Fsp3) is 0.733. The summed E-state index contributed by atoms with van der Waals surface area (Å²) < 4.78 is 20.0. The Kier molecular flexibility index (Phi) is 6.09. The predicted molar refractivity (Wildman–Crippen MR) is 81.1 cm³/mol. The molecule has 1 aromatic heterocycles. The summed E-state index contributed by atoms with van der Waals surface area (Å²) in [5.41, 5.74) is -0.499. The lowest BCUT2D eigenvalue weighted by Crippen LogP contribution is -2.42. The zero-order valence-corrected chi connectivity index (χ0v) is 13.2. The van der Waals surface area contributed by atoms with Gasteiger partial charge in [-0.25, -0.2) is 4.79 Å². The Labute approximate surface area is 132 Å². The molecule has 3 atom stereocenters. The lowest BCUT2D eigenvalue weighted by atomic mass is 10.2. The largest absolute Gasteiger partial charge is 0.394 e. The van der Waals surface area contributed by atoms with Crippen molar-refractivity contribution in [1.82, 2.24) is 9.13 Å². The summed E-state index contributed by atoms with van der Waals surface area (Å²) in [4.78, 5) is 24.7. The second-order valence-electron chi connectivity index (χ2n) is 5.82. The Morgan fingerprint density at radius 2 is 2.09 bits per heavy atom. The standard InChI is InChI=1S/C15H23FN2O5/c1-10-8-18(13-7-11(20)12(9-19)23-13)15(22)17(14(10)21)6-4-2-3-5-16/h8,11-13,19-20H,2-7,9H2,1H3/t11-,12+,13+/m0/s1. The van der Waals surface area contributed by atoms with Gasteiger partial charge in [-0.05, 0) is 26.2 Å². The van der Waals surface area contributed by atoms with Crippen LogP contribution in [0.3, 0.4) is 0 Å². The van der Waals surface area contributed by atoms with Gasteiger partial charge in [0, 0.05) is 24.7 Å². The highest BCUT2D eigenvalue weighted by Gasteiger charge is 2.35. The van der Waals surface area contributed by atoms with Crippen LogP contribution in [0.1, 0.15) is 37.5 Å². The van der Waals surface area contributed by atoms with Crippen LogP contribution in [0.15, 0.2) is 15.8 Å². The van der Waals surface area contributed by atoms with Crippen LogP contribution in [0.25, 0.3) is 0 Å². The van der Waals surface area contributed by atoms with Crippen LogP contribution in [0.2, 0.25) is 0 Å². The first-order chi connectivity index (χ1) is 11.0. The molecule has 2 N–H and O–H groups in total. The molecule has 0 aromatic carbocycles. The monoisotopic (exact) mass is 330 g/mol. The van der Waals surface area contributed by atoms with E-state index in [0.717, 1.165) is 4.57 Å². The molecule has 0 bridgehead atoms. The van der Waals surface area contributed by atoms with Crippen LogP contribution in [0, 0.1) is 6.92 Å². The second-order valence-corrected chi connectivity index (χ2v) is 5.82. The number of aryl methyl sites for hydroxylation is 1. The molecule has 1 fully saturated rings. The van der Waals surface area contributed by atoms with Crippen molar-refractivity contribution in [2.24, 2.45) is 0 Å². The number of unbranched alkanes of at least 4 members (excludes halogenated alkanes) is 2. The molecule has 0 amide bonds. The summed E-state index contributed by atoms with van der Waals surface area (Å²) in [7, 11) is 0. The molecule has 2 heterocycles. The summed E-state index contributed by atoms with van der Waals surface area (Å²) >= 11 is 0. The van der Waals surface area contributed by atoms with Crippen molar-refractivity contribution in [3.63, 3.8) is 0 Å². The molecule has 130 valence electrons. The second kappa shape index (κ2) is 7.85. The van der Waals surface area contributed by atoms with E-state index in [9.17, 15) is 19.1 Å². The van der Waals surface area contributed by atoms with Crippen molar-refractivity contribution in [3.05, 3.63) is 32.6 Å². The first kappa shape index (κ1) is 17.8. The van der Waals surface area contributed by atoms with Gasteiger partial charge in [0.1, 0.15) is 12.3 Å². The normalized spacial score (nSPS) is 24.3. The Balaban J connectivity index is 2.26. The SMILES string of the molecule is Cc1cn([C@H]2C[C@H](O)[C@@H](CO)O2)c(=O)n(CCCCCF)c1=O. The molecule has 8 heteroatoms. The van der Waals surface area contributed by atoms with Crippen molar-refractivity contribution in [2.75, 3.05) is 13.3 Å². The summed E-state index contributed by atoms with van der Waals surface area (Å²) in [6.07, 6.45) is 0.817. The minimum atomic E-state index is -0.859. The van der Waals surface area contributed by atoms with Gasteiger partial charge in [0.05, 0.1) is 19.4 Å². The third-order valence-corrected chi connectivity index (χ3v) is 4.08. The third-order valence-electron chi connectivity index (χ3n) is 4.08. The number of aliphatic hydroxyl groups excluding tert-OH is 2. The van der Waals surface area contributed by atoms with Crippen LogP contribution in [-0.2, 0) is 11.3 Å². The molecular weight excluding hydrogens is 307 g/mol. The first-order valence-electron chi connectivity index (χ1n) is 7.82. The number of alkyl halides is 1. The average molecular weight is 330 g/mol. The Bertz CT molecular complexity index is 642. The van der Waals surface area contributed by atoms with E-state index in [4.69, 9.17) is 9.84 Å². The maximum absolute atomic E-state index is 12.5. The molecular formula is C15H23FN2O5. The van der Waals surface area contributed by atoms with E-state index in [1.165, 1.54) is 10.8 Å². The number of halogens is 1. The molecule has 0 radical (unpaired) electrons. The first-order valence-corrected chi connectivity index (χ1v) is 7.82. The van der Waals surface area contributed by atoms with Gasteiger partial charge in [-0.1, -0.05) is 0 Å². The zero-order valence-electron chi connectivity index (χ0n) is 13.2. The third kappa shape index (κ3) is 3.88. The van der Waals surface area contributed by atoms with Gasteiger partial charge < -0.3 is 14.9 Å². The topological polar surface area (TPSA) is 93.7 Å². The minimum Gasteiger partial charge on any atom is -0.394 e. The number of hydrogen-bond acceptors (Lipinski definition) is 5. The van der Waals surface area contributed by atoms with E-state index >= 15 is 0 Å². The molecule has 0 unspecified atom stereocenters. The highest BCUT2D eigenvalue weighted by molar-refractivity contribution is 5.04. The van der Waals surface area contributed by atoms with Crippen LogP contribution in [0.5, 0.6) is 0 Å². The molecule has 0 aliphatic carbocycles. The van der Waals surface area contributed by atoms with Crippen LogP contribution in [0.4, 0.5) is 4.39 Å². The Morgan fingerprint density at radius 1 is 1.35 bits per heavy atom. The molecule has 1 aliphatic rings. The molecule has 0 saturated carbocycles. The summed E-state index contributed by atoms with van der Waals surface area (Å²) in [5.74, 6) is 0. The van der Waals surface area contributed by atoms with Gasteiger partial charge in [-0.2, -0.15) is 0 Å². The van der Waals surface area contributed by atoms with Crippen LogP contribution >= 0.6 is 0 Å². The molecule has 23 heavy (non-hydrogen) atoms. The van der Waals surface area contributed by atoms with Gasteiger partial charge in [-0.15, -0.1) is 0 Å². The van der Waals surface area contributed by atoms with E-state index in [1.54, 1.807) is 6.92 Å². The van der Waals surface area contributed by atoms with E-state index < -0.39 is 30.8 Å². The molecule has 1 saturated heterocycles. The summed E-state index contributed by atoms with van der Waals surface area (Å²) in [5, 5.41) is 18.9. The number of aromatic nitrogens is 2. The average Bonchev–Trinajstić information content (AvgIpc) is 2.91. The van der Waals surface area contributed by atoms with E-state index in [1.807, 2.05) is 0 Å². The van der Waals surface area contributed by atoms with Crippen molar-refractivity contribution in [3.8, 4) is 0 Å². The zero-order chi connectivity index (χ0) is 17.0. The van der Waals surface area contributed by atoms with E-state index in [-0.39, 0.29) is 25.1 Å². The Morgan fingerprint density at radius 3 is 2.70 bits per heavy atom. The number of hydrogen-bond donors (Lipinski definition) is 2. The quantitative estimate of drug-likeness (QED) is 0.692. The maximum atomic E-state index is 12.5.